The van der Waals surface area contributed by atoms with Gasteiger partial charge in [-0.3, -0.25) is 0 Å². The van der Waals surface area contributed by atoms with Crippen LogP contribution in [0.4, 0.5) is 4.79 Å². The second kappa shape index (κ2) is 6.60. The van der Waals surface area contributed by atoms with Gasteiger partial charge in [-0.2, -0.15) is 0 Å². The average Bonchev–Trinajstić information content (AvgIpc) is 2.94. The number of amides is 1. The van der Waals surface area contributed by atoms with Gasteiger partial charge in [0.15, 0.2) is 0 Å². The van der Waals surface area contributed by atoms with Gasteiger partial charge < -0.3 is 19.8 Å². The quantitative estimate of drug-likeness (QED) is 0.878. The lowest BCUT2D eigenvalue weighted by Crippen LogP contribution is -2.24. The smallest absolute Gasteiger partial charge is 0.407 e. The summed E-state index contributed by atoms with van der Waals surface area (Å²) < 4.78 is 9.89. The minimum Gasteiger partial charge on any atom is -0.497 e. The first-order valence-electron chi connectivity index (χ1n) is 6.32. The van der Waals surface area contributed by atoms with Gasteiger partial charge >= 0.3 is 6.09 Å². The van der Waals surface area contributed by atoms with E-state index in [0.29, 0.717) is 19.0 Å². The molecule has 0 radical (unpaired) electrons. The molecule has 2 N–H and O–H groups in total. The van der Waals surface area contributed by atoms with E-state index in [2.05, 4.69) is 15.3 Å². The maximum atomic E-state index is 11.2. The van der Waals surface area contributed by atoms with E-state index in [1.165, 1.54) is 0 Å². The largest absolute Gasteiger partial charge is 0.497 e. The number of imidazole rings is 1. The van der Waals surface area contributed by atoms with E-state index in [9.17, 15) is 4.79 Å². The number of ether oxygens (including phenoxy) is 2. The molecule has 6 nitrogen and oxygen atoms in total. The molecule has 1 aromatic heterocycles. The van der Waals surface area contributed by atoms with Crippen molar-refractivity contribution in [3.05, 3.63) is 36.3 Å². The summed E-state index contributed by atoms with van der Waals surface area (Å²) in [6.07, 6.45) is 1.28. The summed E-state index contributed by atoms with van der Waals surface area (Å²) in [6, 6.07) is 7.64. The van der Waals surface area contributed by atoms with Crippen LogP contribution in [0.3, 0.4) is 0 Å². The number of nitrogens with zero attached hydrogens (tertiary/aromatic N) is 1. The third-order valence-electron chi connectivity index (χ3n) is 2.71. The first-order valence-corrected chi connectivity index (χ1v) is 6.32. The molecule has 0 unspecified atom stereocenters. The zero-order chi connectivity index (χ0) is 14.4. The monoisotopic (exact) mass is 275 g/mol. The van der Waals surface area contributed by atoms with Crippen LogP contribution in [0.5, 0.6) is 5.75 Å². The highest BCUT2D eigenvalue weighted by molar-refractivity contribution is 5.67. The molecule has 0 bridgehead atoms. The summed E-state index contributed by atoms with van der Waals surface area (Å²) in [5.41, 5.74) is 1.88. The van der Waals surface area contributed by atoms with Gasteiger partial charge in [0.2, 0.25) is 0 Å². The Bertz CT molecular complexity index is 563. The van der Waals surface area contributed by atoms with E-state index in [0.717, 1.165) is 17.0 Å². The Morgan fingerprint density at radius 3 is 2.75 bits per heavy atom. The summed E-state index contributed by atoms with van der Waals surface area (Å²) in [6.45, 7) is 2.41. The van der Waals surface area contributed by atoms with Crippen molar-refractivity contribution in [2.45, 2.75) is 13.5 Å². The highest BCUT2D eigenvalue weighted by Crippen LogP contribution is 2.20. The normalized spacial score (nSPS) is 10.1. The highest BCUT2D eigenvalue weighted by Gasteiger charge is 2.05. The Labute approximate surface area is 117 Å². The fourth-order valence-electron chi connectivity index (χ4n) is 1.71. The molecular formula is C14H17N3O3. The van der Waals surface area contributed by atoms with Crippen molar-refractivity contribution in [2.75, 3.05) is 13.7 Å². The average molecular weight is 275 g/mol. The molecule has 1 amide bonds. The number of aromatic amines is 1. The number of alkyl carbamates (subject to hydrolysis) is 1. The molecule has 0 atom stereocenters. The number of carbonyl (C=O) groups is 1. The molecule has 0 aliphatic carbocycles. The molecule has 106 valence electrons. The van der Waals surface area contributed by atoms with Crippen molar-refractivity contribution >= 4 is 6.09 Å². The van der Waals surface area contributed by atoms with E-state index < -0.39 is 6.09 Å². The van der Waals surface area contributed by atoms with Crippen LogP contribution in [0, 0.1) is 0 Å². The minimum atomic E-state index is -0.449. The molecule has 0 spiro atoms. The molecule has 1 aromatic carbocycles. The van der Waals surface area contributed by atoms with Crippen LogP contribution < -0.4 is 10.1 Å². The third kappa shape index (κ3) is 3.50. The van der Waals surface area contributed by atoms with Crippen LogP contribution >= 0.6 is 0 Å². The Kier molecular flexibility index (Phi) is 4.60. The van der Waals surface area contributed by atoms with Crippen LogP contribution in [0.1, 0.15) is 12.7 Å². The van der Waals surface area contributed by atoms with Gasteiger partial charge in [-0.25, -0.2) is 9.78 Å². The van der Waals surface area contributed by atoms with Crippen LogP contribution in [0.2, 0.25) is 0 Å². The number of hydrogen-bond donors (Lipinski definition) is 2. The number of carbonyl (C=O) groups excluding carboxylic acids is 1. The Morgan fingerprint density at radius 2 is 2.10 bits per heavy atom. The van der Waals surface area contributed by atoms with Crippen LogP contribution in [-0.2, 0) is 11.3 Å². The summed E-state index contributed by atoms with van der Waals surface area (Å²) in [5, 5.41) is 2.61. The molecule has 6 heteroatoms. The molecule has 0 saturated carbocycles. The predicted octanol–water partition coefficient (Wildman–Crippen LogP) is 2.33. The van der Waals surface area contributed by atoms with Gasteiger partial charge in [-0.05, 0) is 36.8 Å². The Hall–Kier alpha value is -2.50. The molecule has 20 heavy (non-hydrogen) atoms. The lowest BCUT2D eigenvalue weighted by atomic mass is 10.2. The summed E-state index contributed by atoms with van der Waals surface area (Å²) >= 11 is 0. The zero-order valence-corrected chi connectivity index (χ0v) is 11.5. The highest BCUT2D eigenvalue weighted by atomic mass is 16.5. The number of rotatable bonds is 5. The number of methoxy groups -OCH3 is 1. The first-order chi connectivity index (χ1) is 9.72. The Balaban J connectivity index is 1.99. The van der Waals surface area contributed by atoms with Crippen molar-refractivity contribution in [3.63, 3.8) is 0 Å². The predicted molar refractivity (Wildman–Crippen MR) is 74.4 cm³/mol. The van der Waals surface area contributed by atoms with Gasteiger partial charge in [0.1, 0.15) is 11.6 Å². The minimum absolute atomic E-state index is 0.301. The topological polar surface area (TPSA) is 76.2 Å². The van der Waals surface area contributed by atoms with E-state index in [1.54, 1.807) is 20.2 Å². The Morgan fingerprint density at radius 1 is 1.35 bits per heavy atom. The first kappa shape index (κ1) is 13.9. The number of benzene rings is 1. The summed E-state index contributed by atoms with van der Waals surface area (Å²) in [5.74, 6) is 1.47. The SMILES string of the molecule is CCOC(=O)NCc1ncc(-c2ccc(OC)cc2)[nH]1. The number of nitrogens with one attached hydrogen (secondary N) is 2. The molecule has 0 aliphatic heterocycles. The van der Waals surface area contributed by atoms with E-state index >= 15 is 0 Å². The molecule has 0 saturated heterocycles. The van der Waals surface area contributed by atoms with Crippen LogP contribution in [-0.4, -0.2) is 29.8 Å². The maximum absolute atomic E-state index is 11.2. The summed E-state index contributed by atoms with van der Waals surface area (Å²) in [7, 11) is 1.63. The van der Waals surface area contributed by atoms with Crippen molar-refractivity contribution < 1.29 is 14.3 Å². The van der Waals surface area contributed by atoms with E-state index in [1.807, 2.05) is 24.3 Å². The third-order valence-corrected chi connectivity index (χ3v) is 2.71. The molecule has 1 heterocycles. The molecule has 0 fully saturated rings. The van der Waals surface area contributed by atoms with Crippen molar-refractivity contribution in [1.29, 1.82) is 0 Å². The van der Waals surface area contributed by atoms with Crippen molar-refractivity contribution in [1.82, 2.24) is 15.3 Å². The second-order valence-electron chi connectivity index (χ2n) is 4.05. The fourth-order valence-corrected chi connectivity index (χ4v) is 1.71. The van der Waals surface area contributed by atoms with Gasteiger partial charge in [0, 0.05) is 0 Å². The number of aromatic nitrogens is 2. The van der Waals surface area contributed by atoms with Gasteiger partial charge in [-0.1, -0.05) is 0 Å². The maximum Gasteiger partial charge on any atom is 0.407 e. The number of H-pyrrole nitrogens is 1. The molecule has 2 aromatic rings. The number of hydrogen-bond acceptors (Lipinski definition) is 4. The van der Waals surface area contributed by atoms with Crippen LogP contribution in [0.25, 0.3) is 11.3 Å². The zero-order valence-electron chi connectivity index (χ0n) is 11.5. The lowest BCUT2D eigenvalue weighted by molar-refractivity contribution is 0.151. The van der Waals surface area contributed by atoms with Crippen LogP contribution in [0.15, 0.2) is 30.5 Å². The lowest BCUT2D eigenvalue weighted by Gasteiger charge is -2.03. The summed E-state index contributed by atoms with van der Waals surface area (Å²) in [4.78, 5) is 18.5. The molecule has 2 rings (SSSR count). The standard InChI is InChI=1S/C14H17N3O3/c1-3-20-14(18)16-9-13-15-8-12(17-13)10-4-6-11(19-2)7-5-10/h4-8H,3,9H2,1-2H3,(H,15,17)(H,16,18). The second-order valence-corrected chi connectivity index (χ2v) is 4.05. The van der Waals surface area contributed by atoms with Gasteiger partial charge in [0.05, 0.1) is 32.2 Å². The van der Waals surface area contributed by atoms with Gasteiger partial charge in [-0.15, -0.1) is 0 Å². The molecule has 0 aliphatic rings. The fraction of sp³-hybridized carbons (Fsp3) is 0.286. The van der Waals surface area contributed by atoms with Crippen molar-refractivity contribution in [3.8, 4) is 17.0 Å². The van der Waals surface area contributed by atoms with Crippen molar-refractivity contribution in [2.24, 2.45) is 0 Å². The van der Waals surface area contributed by atoms with E-state index in [-0.39, 0.29) is 0 Å². The molecular weight excluding hydrogens is 258 g/mol. The van der Waals surface area contributed by atoms with E-state index in [4.69, 9.17) is 9.47 Å². The van der Waals surface area contributed by atoms with Gasteiger partial charge in [0.25, 0.3) is 0 Å².